The van der Waals surface area contributed by atoms with Gasteiger partial charge in [-0.3, -0.25) is 4.90 Å². The molecule has 4 atom stereocenters. The van der Waals surface area contributed by atoms with Gasteiger partial charge in [-0.1, -0.05) is 0 Å². The maximum absolute atomic E-state index is 12.4. The average molecular weight is 335 g/mol. The van der Waals surface area contributed by atoms with Crippen molar-refractivity contribution >= 4 is 24.5 Å². The number of amides is 1. The maximum Gasteiger partial charge on any atom is 0.411 e. The summed E-state index contributed by atoms with van der Waals surface area (Å²) in [5, 5.41) is 0. The Morgan fingerprint density at radius 2 is 1.86 bits per heavy atom. The monoisotopic (exact) mass is 334 g/mol. The molecule has 22 heavy (non-hydrogen) atoms. The summed E-state index contributed by atoms with van der Waals surface area (Å²) in [6.45, 7) is 7.99. The number of carbonyl (C=O) groups is 2. The summed E-state index contributed by atoms with van der Waals surface area (Å²) in [5.41, 5.74) is 5.53. The number of likely N-dealkylation sites (tertiary alicyclic amines) is 1. The van der Waals surface area contributed by atoms with Crippen LogP contribution in [0.1, 0.15) is 40.5 Å². The lowest BCUT2D eigenvalue weighted by Gasteiger charge is -2.29. The average Bonchev–Trinajstić information content (AvgIpc) is 2.88. The number of nitrogens with two attached hydrogens (primary N) is 1. The number of ether oxygens (including phenoxy) is 2. The number of fused-ring (bicyclic) bond motifs is 1. The highest BCUT2D eigenvalue weighted by molar-refractivity contribution is 5.85. The molecule has 0 unspecified atom stereocenters. The maximum atomic E-state index is 12.4. The van der Waals surface area contributed by atoms with Crippen molar-refractivity contribution < 1.29 is 19.1 Å². The first-order valence-electron chi connectivity index (χ1n) is 7.66. The number of rotatable bonds is 2. The summed E-state index contributed by atoms with van der Waals surface area (Å²) < 4.78 is 10.6. The number of esters is 1. The Balaban J connectivity index is 0.00000242. The fourth-order valence-electron chi connectivity index (χ4n) is 3.40. The molecule has 1 saturated heterocycles. The lowest BCUT2D eigenvalue weighted by atomic mass is 9.93. The van der Waals surface area contributed by atoms with Gasteiger partial charge in [0.25, 0.3) is 0 Å². The molecule has 1 saturated carbocycles. The molecule has 7 heteroatoms. The molecular weight excluding hydrogens is 308 g/mol. The third-order valence-electron chi connectivity index (χ3n) is 4.24. The van der Waals surface area contributed by atoms with Crippen LogP contribution in [0.4, 0.5) is 4.79 Å². The van der Waals surface area contributed by atoms with Crippen molar-refractivity contribution in [1.82, 2.24) is 4.90 Å². The zero-order chi connectivity index (χ0) is 15.8. The molecule has 2 rings (SSSR count). The topological polar surface area (TPSA) is 81.9 Å². The number of hydrogen-bond donors (Lipinski definition) is 1. The van der Waals surface area contributed by atoms with Crippen molar-refractivity contribution in [2.75, 3.05) is 13.2 Å². The molecule has 1 aliphatic carbocycles. The van der Waals surface area contributed by atoms with Gasteiger partial charge in [-0.05, 0) is 52.4 Å². The van der Waals surface area contributed by atoms with Gasteiger partial charge in [0.2, 0.25) is 0 Å². The normalized spacial score (nSPS) is 30.5. The van der Waals surface area contributed by atoms with Gasteiger partial charge >= 0.3 is 12.1 Å². The number of halogens is 1. The molecule has 128 valence electrons. The van der Waals surface area contributed by atoms with Gasteiger partial charge in [0, 0.05) is 12.6 Å². The van der Waals surface area contributed by atoms with E-state index in [1.807, 2.05) is 20.8 Å². The molecule has 0 radical (unpaired) electrons. The van der Waals surface area contributed by atoms with Gasteiger partial charge in [-0.25, -0.2) is 9.59 Å². The molecule has 2 aliphatic rings. The highest BCUT2D eigenvalue weighted by Gasteiger charge is 2.53. The van der Waals surface area contributed by atoms with Crippen LogP contribution in [0.2, 0.25) is 0 Å². The van der Waals surface area contributed by atoms with E-state index in [2.05, 4.69) is 0 Å². The first kappa shape index (κ1) is 19.0. The smallest absolute Gasteiger partial charge is 0.411 e. The van der Waals surface area contributed by atoms with Crippen LogP contribution in [0, 0.1) is 11.8 Å². The predicted octanol–water partition coefficient (Wildman–Crippen LogP) is 1.94. The Morgan fingerprint density at radius 3 is 2.41 bits per heavy atom. The molecule has 0 aromatic carbocycles. The molecule has 2 fully saturated rings. The van der Waals surface area contributed by atoms with E-state index < -0.39 is 17.7 Å². The van der Waals surface area contributed by atoms with Crippen LogP contribution >= 0.6 is 12.4 Å². The second kappa shape index (κ2) is 7.04. The Kier molecular flexibility index (Phi) is 6.10. The van der Waals surface area contributed by atoms with Gasteiger partial charge in [-0.15, -0.1) is 12.4 Å². The quantitative estimate of drug-likeness (QED) is 0.780. The molecule has 0 aromatic rings. The predicted molar refractivity (Wildman–Crippen MR) is 84.8 cm³/mol. The molecule has 0 aromatic heterocycles. The van der Waals surface area contributed by atoms with E-state index in [9.17, 15) is 9.59 Å². The molecule has 1 heterocycles. The standard InChI is InChI=1S/C15H26N2O4.ClH/c1-5-20-13(18)12-9-6-7-11(16)10(9)8-17(12)14(19)21-15(2,3)4;/h9-12H,5-8,16H2,1-4H3;1H/t9-,10-,11+,12-;/m0./s1. The molecule has 1 amide bonds. The number of hydrogen-bond acceptors (Lipinski definition) is 5. The number of carbonyl (C=O) groups excluding carboxylic acids is 2. The van der Waals surface area contributed by atoms with Gasteiger partial charge < -0.3 is 15.2 Å². The Morgan fingerprint density at radius 1 is 1.23 bits per heavy atom. The largest absolute Gasteiger partial charge is 0.464 e. The SMILES string of the molecule is CCOC(=O)[C@@H]1[C@H]2CC[C@@H](N)[C@H]2CN1C(=O)OC(C)(C)C.Cl. The Hall–Kier alpha value is -1.01. The fourth-order valence-corrected chi connectivity index (χ4v) is 3.40. The summed E-state index contributed by atoms with van der Waals surface area (Å²) in [6.07, 6.45) is 1.30. The van der Waals surface area contributed by atoms with E-state index in [1.54, 1.807) is 6.92 Å². The molecule has 6 nitrogen and oxygen atoms in total. The minimum absolute atomic E-state index is 0. The van der Waals surface area contributed by atoms with Gasteiger partial charge in [-0.2, -0.15) is 0 Å². The Labute approximate surface area is 138 Å². The lowest BCUT2D eigenvalue weighted by molar-refractivity contribution is -0.149. The number of nitrogens with zero attached hydrogens (tertiary/aromatic N) is 1. The zero-order valence-electron chi connectivity index (χ0n) is 13.7. The van der Waals surface area contributed by atoms with Crippen molar-refractivity contribution in [1.29, 1.82) is 0 Å². The van der Waals surface area contributed by atoms with Crippen LogP contribution in [0.3, 0.4) is 0 Å². The van der Waals surface area contributed by atoms with Crippen LogP contribution in [-0.2, 0) is 14.3 Å². The van der Waals surface area contributed by atoms with E-state index in [4.69, 9.17) is 15.2 Å². The molecule has 0 bridgehead atoms. The highest BCUT2D eigenvalue weighted by Crippen LogP contribution is 2.42. The van der Waals surface area contributed by atoms with Gasteiger partial charge in [0.05, 0.1) is 6.61 Å². The second-order valence-corrected chi connectivity index (χ2v) is 6.90. The molecule has 1 aliphatic heterocycles. The van der Waals surface area contributed by atoms with Crippen LogP contribution in [-0.4, -0.2) is 47.8 Å². The Bertz CT molecular complexity index is 424. The van der Waals surface area contributed by atoms with Crippen molar-refractivity contribution in [3.63, 3.8) is 0 Å². The van der Waals surface area contributed by atoms with Crippen LogP contribution < -0.4 is 5.73 Å². The summed E-state index contributed by atoms with van der Waals surface area (Å²) in [6, 6.07) is -0.516. The third-order valence-corrected chi connectivity index (χ3v) is 4.24. The van der Waals surface area contributed by atoms with Gasteiger partial charge in [0.15, 0.2) is 0 Å². The summed E-state index contributed by atoms with van der Waals surface area (Å²) in [7, 11) is 0. The lowest BCUT2D eigenvalue weighted by Crippen LogP contribution is -2.46. The van der Waals surface area contributed by atoms with Crippen LogP contribution in [0.15, 0.2) is 0 Å². The third kappa shape index (κ3) is 3.84. The summed E-state index contributed by atoms with van der Waals surface area (Å²) in [5.74, 6) is -0.0940. The molecule has 2 N–H and O–H groups in total. The van der Waals surface area contributed by atoms with E-state index in [1.165, 1.54) is 4.90 Å². The second-order valence-electron chi connectivity index (χ2n) is 6.90. The van der Waals surface area contributed by atoms with E-state index in [-0.39, 0.29) is 36.3 Å². The zero-order valence-corrected chi connectivity index (χ0v) is 14.5. The highest BCUT2D eigenvalue weighted by atomic mass is 35.5. The van der Waals surface area contributed by atoms with Crippen LogP contribution in [0.5, 0.6) is 0 Å². The minimum atomic E-state index is -0.587. The molecular formula is C15H27ClN2O4. The minimum Gasteiger partial charge on any atom is -0.464 e. The van der Waals surface area contributed by atoms with Crippen molar-refractivity contribution in [2.45, 2.75) is 58.2 Å². The molecule has 0 spiro atoms. The van der Waals surface area contributed by atoms with E-state index >= 15 is 0 Å². The van der Waals surface area contributed by atoms with E-state index in [0.29, 0.717) is 13.2 Å². The van der Waals surface area contributed by atoms with Gasteiger partial charge in [0.1, 0.15) is 11.6 Å². The van der Waals surface area contributed by atoms with Crippen molar-refractivity contribution in [3.05, 3.63) is 0 Å². The van der Waals surface area contributed by atoms with E-state index in [0.717, 1.165) is 12.8 Å². The summed E-state index contributed by atoms with van der Waals surface area (Å²) in [4.78, 5) is 26.1. The van der Waals surface area contributed by atoms with Crippen molar-refractivity contribution in [2.24, 2.45) is 17.6 Å². The fraction of sp³-hybridized carbons (Fsp3) is 0.867. The first-order chi connectivity index (χ1) is 9.74. The first-order valence-corrected chi connectivity index (χ1v) is 7.66. The summed E-state index contributed by atoms with van der Waals surface area (Å²) >= 11 is 0. The van der Waals surface area contributed by atoms with Crippen molar-refractivity contribution in [3.8, 4) is 0 Å². The van der Waals surface area contributed by atoms with Crippen LogP contribution in [0.25, 0.3) is 0 Å².